The molecular formula is C17H25BrN2O2. The van der Waals surface area contributed by atoms with Crippen molar-refractivity contribution in [3.63, 3.8) is 0 Å². The average molecular weight is 369 g/mol. The zero-order valence-electron chi connectivity index (χ0n) is 13.6. The molecule has 0 aromatic heterocycles. The van der Waals surface area contributed by atoms with Crippen LogP contribution in [0.1, 0.15) is 39.2 Å². The Balaban J connectivity index is 1.73. The van der Waals surface area contributed by atoms with Gasteiger partial charge in [0, 0.05) is 30.1 Å². The number of benzene rings is 1. The van der Waals surface area contributed by atoms with E-state index in [9.17, 15) is 4.79 Å². The summed E-state index contributed by atoms with van der Waals surface area (Å²) in [6, 6.07) is 8.67. The second-order valence-corrected chi connectivity index (χ2v) is 7.74. The Morgan fingerprint density at radius 3 is 2.41 bits per heavy atom. The van der Waals surface area contributed by atoms with Gasteiger partial charge in [-0.15, -0.1) is 0 Å². The first-order valence-electron chi connectivity index (χ1n) is 7.78. The number of piperidine rings is 1. The number of rotatable bonds is 3. The molecule has 0 saturated carbocycles. The fourth-order valence-corrected chi connectivity index (χ4v) is 2.82. The first kappa shape index (κ1) is 17.3. The van der Waals surface area contributed by atoms with Crippen LogP contribution in [0.2, 0.25) is 0 Å². The molecule has 22 heavy (non-hydrogen) atoms. The molecule has 1 fully saturated rings. The van der Waals surface area contributed by atoms with E-state index in [-0.39, 0.29) is 12.1 Å². The largest absolute Gasteiger partial charge is 0.444 e. The number of hydrogen-bond donors (Lipinski definition) is 1. The molecule has 1 amide bonds. The average Bonchev–Trinajstić information content (AvgIpc) is 2.41. The highest BCUT2D eigenvalue weighted by atomic mass is 79.9. The van der Waals surface area contributed by atoms with E-state index in [1.807, 2.05) is 20.8 Å². The summed E-state index contributed by atoms with van der Waals surface area (Å²) in [5.74, 6) is 0. The summed E-state index contributed by atoms with van der Waals surface area (Å²) in [7, 11) is 0. The van der Waals surface area contributed by atoms with Gasteiger partial charge in [-0.25, -0.2) is 4.79 Å². The number of alkyl carbamates (subject to hydrolysis) is 1. The third kappa shape index (κ3) is 5.97. The Labute approximate surface area is 141 Å². The quantitative estimate of drug-likeness (QED) is 0.878. The zero-order valence-corrected chi connectivity index (χ0v) is 15.1. The standard InChI is InChI=1S/C17H25BrN2O2/c1-17(2,3)22-16(21)19-15-8-10-20(11-9-15)12-13-4-6-14(18)7-5-13/h4-7,15H,8-12H2,1-3H3,(H,19,21). The summed E-state index contributed by atoms with van der Waals surface area (Å²) < 4.78 is 6.41. The van der Waals surface area contributed by atoms with E-state index in [4.69, 9.17) is 4.74 Å². The van der Waals surface area contributed by atoms with Crippen molar-refractivity contribution < 1.29 is 9.53 Å². The zero-order chi connectivity index (χ0) is 16.2. The molecule has 0 bridgehead atoms. The highest BCUT2D eigenvalue weighted by Gasteiger charge is 2.23. The van der Waals surface area contributed by atoms with E-state index in [2.05, 4.69) is 50.4 Å². The molecule has 0 spiro atoms. The molecule has 0 aliphatic carbocycles. The third-order valence-corrected chi connectivity index (χ3v) is 4.16. The molecule has 1 saturated heterocycles. The molecule has 1 aliphatic heterocycles. The summed E-state index contributed by atoms with van der Waals surface area (Å²) in [4.78, 5) is 14.2. The number of carbonyl (C=O) groups is 1. The van der Waals surface area contributed by atoms with Crippen LogP contribution in [0.25, 0.3) is 0 Å². The van der Waals surface area contributed by atoms with Crippen LogP contribution >= 0.6 is 15.9 Å². The molecule has 0 atom stereocenters. The molecule has 5 heteroatoms. The van der Waals surface area contributed by atoms with Crippen molar-refractivity contribution in [2.45, 2.75) is 51.8 Å². The van der Waals surface area contributed by atoms with Crippen LogP contribution in [-0.4, -0.2) is 35.7 Å². The Hall–Kier alpha value is -1.07. The van der Waals surface area contributed by atoms with E-state index in [0.29, 0.717) is 0 Å². The Bertz CT molecular complexity index is 488. The van der Waals surface area contributed by atoms with E-state index in [1.54, 1.807) is 0 Å². The van der Waals surface area contributed by atoms with E-state index < -0.39 is 5.60 Å². The molecule has 1 N–H and O–H groups in total. The second kappa shape index (κ2) is 7.47. The highest BCUT2D eigenvalue weighted by Crippen LogP contribution is 2.16. The minimum atomic E-state index is -0.438. The lowest BCUT2D eigenvalue weighted by atomic mass is 10.0. The number of ether oxygens (including phenoxy) is 1. The molecule has 2 rings (SSSR count). The maximum atomic E-state index is 11.8. The fraction of sp³-hybridized carbons (Fsp3) is 0.588. The van der Waals surface area contributed by atoms with Gasteiger partial charge >= 0.3 is 6.09 Å². The number of likely N-dealkylation sites (tertiary alicyclic amines) is 1. The van der Waals surface area contributed by atoms with Crippen molar-refractivity contribution in [2.75, 3.05) is 13.1 Å². The van der Waals surface area contributed by atoms with Crippen LogP contribution in [0.3, 0.4) is 0 Å². The van der Waals surface area contributed by atoms with Gasteiger partial charge in [0.2, 0.25) is 0 Å². The van der Waals surface area contributed by atoms with Crippen LogP contribution in [0.5, 0.6) is 0 Å². The van der Waals surface area contributed by atoms with E-state index in [0.717, 1.165) is 36.9 Å². The maximum absolute atomic E-state index is 11.8. The van der Waals surface area contributed by atoms with Gasteiger partial charge in [-0.1, -0.05) is 28.1 Å². The molecule has 0 radical (unpaired) electrons. The summed E-state index contributed by atoms with van der Waals surface area (Å²) in [5.41, 5.74) is 0.883. The molecule has 122 valence electrons. The predicted octanol–water partition coefficient (Wildman–Crippen LogP) is 3.94. The van der Waals surface area contributed by atoms with E-state index >= 15 is 0 Å². The molecule has 1 heterocycles. The van der Waals surface area contributed by atoms with Crippen LogP contribution in [-0.2, 0) is 11.3 Å². The van der Waals surface area contributed by atoms with Crippen LogP contribution in [0.15, 0.2) is 28.7 Å². The Morgan fingerprint density at radius 2 is 1.86 bits per heavy atom. The van der Waals surface area contributed by atoms with Crippen molar-refractivity contribution in [1.82, 2.24) is 10.2 Å². The smallest absolute Gasteiger partial charge is 0.407 e. The Kier molecular flexibility index (Phi) is 5.87. The number of amides is 1. The third-order valence-electron chi connectivity index (χ3n) is 3.63. The number of nitrogens with one attached hydrogen (secondary N) is 1. The minimum Gasteiger partial charge on any atom is -0.444 e. The van der Waals surface area contributed by atoms with Gasteiger partial charge in [-0.2, -0.15) is 0 Å². The van der Waals surface area contributed by atoms with Crippen molar-refractivity contribution in [3.8, 4) is 0 Å². The van der Waals surface area contributed by atoms with E-state index in [1.165, 1.54) is 5.56 Å². The molecule has 4 nitrogen and oxygen atoms in total. The molecular weight excluding hydrogens is 344 g/mol. The van der Waals surface area contributed by atoms with Crippen molar-refractivity contribution in [2.24, 2.45) is 0 Å². The molecule has 0 unspecified atom stereocenters. The predicted molar refractivity (Wildman–Crippen MR) is 91.8 cm³/mol. The first-order valence-corrected chi connectivity index (χ1v) is 8.57. The van der Waals surface area contributed by atoms with Gasteiger partial charge in [-0.3, -0.25) is 4.90 Å². The van der Waals surface area contributed by atoms with Gasteiger partial charge in [0.25, 0.3) is 0 Å². The monoisotopic (exact) mass is 368 g/mol. The highest BCUT2D eigenvalue weighted by molar-refractivity contribution is 9.10. The van der Waals surface area contributed by atoms with Gasteiger partial charge in [0.05, 0.1) is 0 Å². The number of carbonyl (C=O) groups excluding carboxylic acids is 1. The fourth-order valence-electron chi connectivity index (χ4n) is 2.56. The lowest BCUT2D eigenvalue weighted by Gasteiger charge is -2.32. The molecule has 1 aromatic carbocycles. The number of halogens is 1. The van der Waals surface area contributed by atoms with Crippen molar-refractivity contribution >= 4 is 22.0 Å². The normalized spacial score (nSPS) is 17.3. The molecule has 1 aliphatic rings. The summed E-state index contributed by atoms with van der Waals surface area (Å²) in [5, 5.41) is 2.97. The van der Waals surface area contributed by atoms with Gasteiger partial charge in [0.15, 0.2) is 0 Å². The van der Waals surface area contributed by atoms with Crippen molar-refractivity contribution in [3.05, 3.63) is 34.3 Å². The lowest BCUT2D eigenvalue weighted by molar-refractivity contribution is 0.0477. The van der Waals surface area contributed by atoms with Gasteiger partial charge in [0.1, 0.15) is 5.60 Å². The van der Waals surface area contributed by atoms with Crippen molar-refractivity contribution in [1.29, 1.82) is 0 Å². The topological polar surface area (TPSA) is 41.6 Å². The lowest BCUT2D eigenvalue weighted by Crippen LogP contribution is -2.45. The van der Waals surface area contributed by atoms with Gasteiger partial charge < -0.3 is 10.1 Å². The number of nitrogens with zero attached hydrogens (tertiary/aromatic N) is 1. The van der Waals surface area contributed by atoms with Gasteiger partial charge in [-0.05, 0) is 51.3 Å². The first-order chi connectivity index (χ1) is 10.3. The van der Waals surface area contributed by atoms with Crippen LogP contribution < -0.4 is 5.32 Å². The minimum absolute atomic E-state index is 0.219. The SMILES string of the molecule is CC(C)(C)OC(=O)NC1CCN(Cc2ccc(Br)cc2)CC1. The summed E-state index contributed by atoms with van der Waals surface area (Å²) >= 11 is 3.46. The number of hydrogen-bond acceptors (Lipinski definition) is 3. The molecule has 1 aromatic rings. The van der Waals surface area contributed by atoms with Crippen LogP contribution in [0, 0.1) is 0 Å². The maximum Gasteiger partial charge on any atom is 0.407 e. The summed E-state index contributed by atoms with van der Waals surface area (Å²) in [6.45, 7) is 8.60. The second-order valence-electron chi connectivity index (χ2n) is 6.82. The summed E-state index contributed by atoms with van der Waals surface area (Å²) in [6.07, 6.45) is 1.63. The van der Waals surface area contributed by atoms with Crippen LogP contribution in [0.4, 0.5) is 4.79 Å². The Morgan fingerprint density at radius 1 is 1.27 bits per heavy atom.